The Kier molecular flexibility index (Phi) is 3.77. The van der Waals surface area contributed by atoms with E-state index in [0.717, 1.165) is 11.1 Å². The molecule has 1 nitrogen and oxygen atoms in total. The molecule has 0 bridgehead atoms. The van der Waals surface area contributed by atoms with E-state index in [1.807, 2.05) is 37.4 Å². The lowest BCUT2D eigenvalue weighted by molar-refractivity contribution is 0.617. The molecule has 1 N–H and O–H groups in total. The molecular formula is C14H13ClFN. The predicted molar refractivity (Wildman–Crippen MR) is 68.8 cm³/mol. The Morgan fingerprint density at radius 2 is 1.71 bits per heavy atom. The van der Waals surface area contributed by atoms with Crippen molar-refractivity contribution in [1.82, 2.24) is 5.32 Å². The molecule has 0 spiro atoms. The van der Waals surface area contributed by atoms with Gasteiger partial charge >= 0.3 is 0 Å². The molecule has 17 heavy (non-hydrogen) atoms. The van der Waals surface area contributed by atoms with Crippen molar-refractivity contribution in [3.63, 3.8) is 0 Å². The summed E-state index contributed by atoms with van der Waals surface area (Å²) in [5, 5.41) is 3.84. The van der Waals surface area contributed by atoms with Crippen LogP contribution in [0.15, 0.2) is 48.5 Å². The van der Waals surface area contributed by atoms with Crippen LogP contribution in [0.1, 0.15) is 17.2 Å². The summed E-state index contributed by atoms with van der Waals surface area (Å²) in [7, 11) is 1.84. The Bertz CT molecular complexity index is 468. The first-order valence-electron chi connectivity index (χ1n) is 5.39. The molecule has 2 aromatic carbocycles. The molecule has 0 aliphatic carbocycles. The second-order valence-corrected chi connectivity index (χ2v) is 4.27. The molecule has 0 fully saturated rings. The molecule has 1 atom stereocenters. The van der Waals surface area contributed by atoms with E-state index in [2.05, 4.69) is 5.32 Å². The van der Waals surface area contributed by atoms with Gasteiger partial charge in [-0.25, -0.2) is 4.39 Å². The number of benzene rings is 2. The van der Waals surface area contributed by atoms with Gasteiger partial charge in [0.05, 0.1) is 6.04 Å². The first-order chi connectivity index (χ1) is 8.20. The van der Waals surface area contributed by atoms with Gasteiger partial charge in [0, 0.05) is 5.02 Å². The van der Waals surface area contributed by atoms with Crippen LogP contribution in [-0.4, -0.2) is 7.05 Å². The van der Waals surface area contributed by atoms with Crippen LogP contribution in [0.4, 0.5) is 4.39 Å². The van der Waals surface area contributed by atoms with Crippen molar-refractivity contribution in [3.8, 4) is 0 Å². The molecule has 2 aromatic rings. The molecule has 0 saturated carbocycles. The summed E-state index contributed by atoms with van der Waals surface area (Å²) in [5.41, 5.74) is 1.90. The first-order valence-corrected chi connectivity index (χ1v) is 5.76. The second kappa shape index (κ2) is 5.30. The number of hydrogen-bond acceptors (Lipinski definition) is 1. The summed E-state index contributed by atoms with van der Waals surface area (Å²) in [4.78, 5) is 0. The Morgan fingerprint density at radius 3 is 2.29 bits per heavy atom. The molecule has 0 aliphatic heterocycles. The first kappa shape index (κ1) is 12.1. The van der Waals surface area contributed by atoms with Crippen molar-refractivity contribution >= 4 is 11.6 Å². The highest BCUT2D eigenvalue weighted by atomic mass is 35.5. The maximum Gasteiger partial charge on any atom is 0.123 e. The minimum atomic E-state index is -0.232. The second-order valence-electron chi connectivity index (χ2n) is 3.83. The molecule has 0 radical (unpaired) electrons. The third-order valence-corrected chi connectivity index (χ3v) is 2.89. The van der Waals surface area contributed by atoms with Gasteiger partial charge in [0.2, 0.25) is 0 Å². The quantitative estimate of drug-likeness (QED) is 0.873. The summed E-state index contributed by atoms with van der Waals surface area (Å²) in [5.74, 6) is -0.232. The van der Waals surface area contributed by atoms with Gasteiger partial charge in [0.1, 0.15) is 5.82 Å². The average Bonchev–Trinajstić information content (AvgIpc) is 2.30. The van der Waals surface area contributed by atoms with E-state index in [0.29, 0.717) is 5.02 Å². The average molecular weight is 250 g/mol. The Morgan fingerprint density at radius 1 is 1.06 bits per heavy atom. The molecule has 0 aliphatic rings. The Balaban J connectivity index is 2.40. The fraction of sp³-hybridized carbons (Fsp3) is 0.143. The van der Waals surface area contributed by atoms with Crippen molar-refractivity contribution in [2.45, 2.75) is 6.04 Å². The van der Waals surface area contributed by atoms with Crippen LogP contribution in [0.2, 0.25) is 5.02 Å². The largest absolute Gasteiger partial charge is 0.309 e. The highest BCUT2D eigenvalue weighted by Gasteiger charge is 2.12. The summed E-state index contributed by atoms with van der Waals surface area (Å²) >= 11 is 5.96. The smallest absolute Gasteiger partial charge is 0.123 e. The highest BCUT2D eigenvalue weighted by Crippen LogP contribution is 2.24. The van der Waals surface area contributed by atoms with Crippen molar-refractivity contribution < 1.29 is 4.39 Å². The molecule has 88 valence electrons. The molecule has 3 heteroatoms. The lowest BCUT2D eigenvalue weighted by Crippen LogP contribution is -2.17. The zero-order valence-electron chi connectivity index (χ0n) is 9.45. The van der Waals surface area contributed by atoms with Gasteiger partial charge in [-0.3, -0.25) is 0 Å². The minimum absolute atomic E-state index is 0.0515. The van der Waals surface area contributed by atoms with Gasteiger partial charge in [-0.1, -0.05) is 35.9 Å². The van der Waals surface area contributed by atoms with E-state index in [4.69, 9.17) is 11.6 Å². The van der Waals surface area contributed by atoms with Gasteiger partial charge < -0.3 is 5.32 Å². The van der Waals surface area contributed by atoms with Crippen molar-refractivity contribution in [1.29, 1.82) is 0 Å². The van der Waals surface area contributed by atoms with Gasteiger partial charge in [0.25, 0.3) is 0 Å². The highest BCUT2D eigenvalue weighted by molar-refractivity contribution is 6.30. The van der Waals surface area contributed by atoms with Crippen molar-refractivity contribution in [2.75, 3.05) is 7.05 Å². The van der Waals surface area contributed by atoms with E-state index in [-0.39, 0.29) is 11.9 Å². The number of hydrogen-bond donors (Lipinski definition) is 1. The zero-order valence-corrected chi connectivity index (χ0v) is 10.2. The lowest BCUT2D eigenvalue weighted by Gasteiger charge is -2.17. The van der Waals surface area contributed by atoms with Crippen LogP contribution < -0.4 is 5.32 Å². The summed E-state index contributed by atoms with van der Waals surface area (Å²) in [6.07, 6.45) is 0. The maximum absolute atomic E-state index is 13.2. The Labute approximate surface area is 105 Å². The van der Waals surface area contributed by atoms with Crippen LogP contribution in [0, 0.1) is 5.82 Å². The molecular weight excluding hydrogens is 237 g/mol. The van der Waals surface area contributed by atoms with Gasteiger partial charge in [-0.15, -0.1) is 0 Å². The van der Waals surface area contributed by atoms with Crippen LogP contribution in [0.5, 0.6) is 0 Å². The van der Waals surface area contributed by atoms with Gasteiger partial charge in [0.15, 0.2) is 0 Å². The topological polar surface area (TPSA) is 12.0 Å². The monoisotopic (exact) mass is 249 g/mol. The third kappa shape index (κ3) is 2.84. The SMILES string of the molecule is CNC(c1cccc(F)c1)c1cccc(Cl)c1. The molecule has 0 heterocycles. The summed E-state index contributed by atoms with van der Waals surface area (Å²) in [6, 6.07) is 14.1. The summed E-state index contributed by atoms with van der Waals surface area (Å²) < 4.78 is 13.2. The Hall–Kier alpha value is -1.38. The normalized spacial score (nSPS) is 12.4. The number of halogens is 2. The van der Waals surface area contributed by atoms with Crippen molar-refractivity contribution in [2.24, 2.45) is 0 Å². The summed E-state index contributed by atoms with van der Waals surface area (Å²) in [6.45, 7) is 0. The van der Waals surface area contributed by atoms with Crippen LogP contribution in [-0.2, 0) is 0 Å². The van der Waals surface area contributed by atoms with Crippen LogP contribution in [0.25, 0.3) is 0 Å². The van der Waals surface area contributed by atoms with E-state index < -0.39 is 0 Å². The van der Waals surface area contributed by atoms with E-state index >= 15 is 0 Å². The minimum Gasteiger partial charge on any atom is -0.309 e. The standard InChI is InChI=1S/C14H13ClFN/c1-17-14(10-4-2-6-12(15)8-10)11-5-3-7-13(16)9-11/h2-9,14,17H,1H3. The number of rotatable bonds is 3. The molecule has 0 amide bonds. The van der Waals surface area contributed by atoms with E-state index in [1.165, 1.54) is 12.1 Å². The van der Waals surface area contributed by atoms with Gasteiger partial charge in [-0.05, 0) is 42.4 Å². The van der Waals surface area contributed by atoms with E-state index in [9.17, 15) is 4.39 Å². The maximum atomic E-state index is 13.2. The fourth-order valence-corrected chi connectivity index (χ4v) is 2.10. The molecule has 0 aromatic heterocycles. The third-order valence-electron chi connectivity index (χ3n) is 2.65. The molecule has 1 unspecified atom stereocenters. The van der Waals surface area contributed by atoms with Crippen molar-refractivity contribution in [3.05, 3.63) is 70.5 Å². The molecule has 2 rings (SSSR count). The number of nitrogens with one attached hydrogen (secondary N) is 1. The van der Waals surface area contributed by atoms with Gasteiger partial charge in [-0.2, -0.15) is 0 Å². The van der Waals surface area contributed by atoms with E-state index in [1.54, 1.807) is 6.07 Å². The predicted octanol–water partition coefficient (Wildman–Crippen LogP) is 3.79. The molecule has 0 saturated heterocycles. The van der Waals surface area contributed by atoms with Crippen LogP contribution >= 0.6 is 11.6 Å². The van der Waals surface area contributed by atoms with Crippen LogP contribution in [0.3, 0.4) is 0 Å². The fourth-order valence-electron chi connectivity index (χ4n) is 1.90. The zero-order chi connectivity index (χ0) is 12.3. The lowest BCUT2D eigenvalue weighted by atomic mass is 9.99.